The average molecular weight is 483 g/mol. The fraction of sp³-hybridized carbons (Fsp3) is 0.786. The van der Waals surface area contributed by atoms with Gasteiger partial charge in [-0.1, -0.05) is 70.6 Å². The summed E-state index contributed by atoms with van der Waals surface area (Å²) >= 11 is 0. The van der Waals surface area contributed by atoms with Crippen molar-refractivity contribution in [2.75, 3.05) is 40.1 Å². The third kappa shape index (κ3) is 25.0. The second-order valence-corrected chi connectivity index (χ2v) is 8.72. The molecule has 0 aliphatic heterocycles. The molecule has 0 saturated carbocycles. The Labute approximate surface area is 208 Å². The second-order valence-electron chi connectivity index (χ2n) is 8.72. The zero-order chi connectivity index (χ0) is 25.1. The van der Waals surface area contributed by atoms with E-state index in [1.165, 1.54) is 38.5 Å². The molecule has 34 heavy (non-hydrogen) atoms. The highest BCUT2D eigenvalue weighted by atomic mass is 16.5. The maximum absolute atomic E-state index is 11.7. The summed E-state index contributed by atoms with van der Waals surface area (Å²) < 4.78 is 21.0. The summed E-state index contributed by atoms with van der Waals surface area (Å²) in [6, 6.07) is 0. The molecule has 6 heteroatoms. The first kappa shape index (κ1) is 32.3. The number of hydrogen-bond acceptors (Lipinski definition) is 6. The number of hydrogen-bond donors (Lipinski definition) is 0. The third-order valence-electron chi connectivity index (χ3n) is 5.46. The van der Waals surface area contributed by atoms with Crippen molar-refractivity contribution < 1.29 is 28.5 Å². The van der Waals surface area contributed by atoms with E-state index in [1.54, 1.807) is 7.11 Å². The third-order valence-corrected chi connectivity index (χ3v) is 5.46. The molecular weight excluding hydrogens is 432 g/mol. The van der Waals surface area contributed by atoms with Gasteiger partial charge in [0.1, 0.15) is 19.8 Å². The number of ether oxygens (including phenoxy) is 4. The topological polar surface area (TPSA) is 71.1 Å². The Morgan fingerprint density at radius 3 is 1.97 bits per heavy atom. The Bertz CT molecular complexity index is 529. The Morgan fingerprint density at radius 2 is 1.32 bits per heavy atom. The van der Waals surface area contributed by atoms with Gasteiger partial charge in [-0.15, -0.1) is 0 Å². The molecule has 198 valence electrons. The molecule has 0 bridgehead atoms. The van der Waals surface area contributed by atoms with Gasteiger partial charge < -0.3 is 18.9 Å². The molecular formula is C28H50O6. The summed E-state index contributed by atoms with van der Waals surface area (Å²) in [5, 5.41) is 0. The Hall–Kier alpha value is -1.66. The molecule has 0 amide bonds. The van der Waals surface area contributed by atoms with Gasteiger partial charge in [0.15, 0.2) is 5.78 Å². The number of carbonyl (C=O) groups excluding carboxylic acids is 2. The summed E-state index contributed by atoms with van der Waals surface area (Å²) in [6.07, 6.45) is 19.6. The summed E-state index contributed by atoms with van der Waals surface area (Å²) in [4.78, 5) is 23.5. The predicted molar refractivity (Wildman–Crippen MR) is 138 cm³/mol. The van der Waals surface area contributed by atoms with E-state index in [0.29, 0.717) is 26.2 Å². The van der Waals surface area contributed by atoms with Gasteiger partial charge in [0.2, 0.25) is 0 Å². The molecule has 0 spiro atoms. The van der Waals surface area contributed by atoms with E-state index >= 15 is 0 Å². The standard InChI is InChI=1S/C28H50O6/c1-4-5-6-7-8-9-10-11-18-23-34-28(30)20-15-13-17-22-33-25-27(29)24-32-21-16-12-14-19-26(2)31-3/h11,18H,2,4-10,12-17,19-25H2,1,3H3/b18-11-. The first-order chi connectivity index (χ1) is 16.6. The van der Waals surface area contributed by atoms with E-state index in [2.05, 4.69) is 19.6 Å². The summed E-state index contributed by atoms with van der Waals surface area (Å²) in [5.74, 6) is 0.608. The van der Waals surface area contributed by atoms with E-state index in [9.17, 15) is 9.59 Å². The lowest BCUT2D eigenvalue weighted by Crippen LogP contribution is -2.16. The smallest absolute Gasteiger partial charge is 0.306 e. The Balaban J connectivity index is 3.36. The van der Waals surface area contributed by atoms with Gasteiger partial charge in [-0.05, 0) is 38.5 Å². The molecule has 0 atom stereocenters. The van der Waals surface area contributed by atoms with Crippen molar-refractivity contribution in [3.8, 4) is 0 Å². The van der Waals surface area contributed by atoms with Gasteiger partial charge in [0.25, 0.3) is 0 Å². The van der Waals surface area contributed by atoms with Crippen LogP contribution in [-0.4, -0.2) is 51.9 Å². The van der Waals surface area contributed by atoms with Gasteiger partial charge in [0.05, 0.1) is 12.9 Å². The van der Waals surface area contributed by atoms with Gasteiger partial charge in [-0.3, -0.25) is 9.59 Å². The quantitative estimate of drug-likeness (QED) is 0.0590. The van der Waals surface area contributed by atoms with E-state index < -0.39 is 0 Å². The van der Waals surface area contributed by atoms with E-state index in [0.717, 1.165) is 57.1 Å². The minimum Gasteiger partial charge on any atom is -0.502 e. The fourth-order valence-corrected chi connectivity index (χ4v) is 3.31. The normalized spacial score (nSPS) is 11.1. The van der Waals surface area contributed by atoms with Crippen LogP contribution in [0, 0.1) is 0 Å². The number of rotatable bonds is 26. The van der Waals surface area contributed by atoms with Crippen LogP contribution in [-0.2, 0) is 28.5 Å². The number of carbonyl (C=O) groups is 2. The highest BCUT2D eigenvalue weighted by Gasteiger charge is 2.04. The van der Waals surface area contributed by atoms with Crippen molar-refractivity contribution in [3.63, 3.8) is 0 Å². The highest BCUT2D eigenvalue weighted by Crippen LogP contribution is 2.08. The first-order valence-electron chi connectivity index (χ1n) is 13.3. The lowest BCUT2D eigenvalue weighted by atomic mass is 10.1. The number of Topliss-reactive ketones (excluding diaryl/α,β-unsaturated/α-hetero) is 1. The van der Waals surface area contributed by atoms with E-state index in [1.807, 2.05) is 6.08 Å². The summed E-state index contributed by atoms with van der Waals surface area (Å²) in [7, 11) is 1.63. The lowest BCUT2D eigenvalue weighted by molar-refractivity contribution is -0.142. The van der Waals surface area contributed by atoms with Gasteiger partial charge >= 0.3 is 5.97 Å². The lowest BCUT2D eigenvalue weighted by Gasteiger charge is -2.06. The molecule has 0 aliphatic rings. The summed E-state index contributed by atoms with van der Waals surface area (Å²) in [6.45, 7) is 7.67. The first-order valence-corrected chi connectivity index (χ1v) is 13.3. The van der Waals surface area contributed by atoms with Gasteiger partial charge in [-0.25, -0.2) is 0 Å². The highest BCUT2D eigenvalue weighted by molar-refractivity contribution is 5.80. The minimum atomic E-state index is -0.152. The molecule has 0 N–H and O–H groups in total. The minimum absolute atomic E-state index is 0.0408. The predicted octanol–water partition coefficient (Wildman–Crippen LogP) is 6.72. The van der Waals surface area contributed by atoms with Gasteiger partial charge in [0, 0.05) is 26.1 Å². The number of unbranched alkanes of at least 4 members (excludes halogenated alkanes) is 10. The number of allylic oxidation sites excluding steroid dienone is 2. The van der Waals surface area contributed by atoms with Crippen molar-refractivity contribution in [1.29, 1.82) is 0 Å². The van der Waals surface area contributed by atoms with Crippen LogP contribution in [0.4, 0.5) is 0 Å². The Morgan fingerprint density at radius 1 is 0.735 bits per heavy atom. The molecule has 0 rings (SSSR count). The molecule has 0 aromatic rings. The molecule has 0 heterocycles. The molecule has 0 aliphatic carbocycles. The largest absolute Gasteiger partial charge is 0.502 e. The van der Waals surface area contributed by atoms with E-state index in [-0.39, 0.29) is 25.0 Å². The fourth-order valence-electron chi connectivity index (χ4n) is 3.31. The van der Waals surface area contributed by atoms with Crippen LogP contribution in [0.3, 0.4) is 0 Å². The number of ketones is 1. The molecule has 0 saturated heterocycles. The van der Waals surface area contributed by atoms with Crippen molar-refractivity contribution >= 4 is 11.8 Å². The van der Waals surface area contributed by atoms with Gasteiger partial charge in [-0.2, -0.15) is 0 Å². The second kappa shape index (κ2) is 26.0. The van der Waals surface area contributed by atoms with Crippen LogP contribution in [0.5, 0.6) is 0 Å². The molecule has 0 fully saturated rings. The van der Waals surface area contributed by atoms with Crippen molar-refractivity contribution in [2.24, 2.45) is 0 Å². The van der Waals surface area contributed by atoms with Crippen molar-refractivity contribution in [2.45, 2.75) is 103 Å². The molecule has 6 nitrogen and oxygen atoms in total. The zero-order valence-corrected chi connectivity index (χ0v) is 22.0. The number of methoxy groups -OCH3 is 1. The number of esters is 1. The maximum Gasteiger partial charge on any atom is 0.306 e. The van der Waals surface area contributed by atoms with Crippen LogP contribution < -0.4 is 0 Å². The van der Waals surface area contributed by atoms with Crippen molar-refractivity contribution in [3.05, 3.63) is 24.5 Å². The van der Waals surface area contributed by atoms with Crippen LogP contribution in [0.25, 0.3) is 0 Å². The average Bonchev–Trinajstić information content (AvgIpc) is 2.83. The zero-order valence-electron chi connectivity index (χ0n) is 22.0. The molecule has 0 aromatic carbocycles. The van der Waals surface area contributed by atoms with Crippen LogP contribution in [0.1, 0.15) is 103 Å². The maximum atomic E-state index is 11.7. The van der Waals surface area contributed by atoms with Crippen LogP contribution in [0.15, 0.2) is 24.5 Å². The molecule has 0 aromatic heterocycles. The molecule has 0 radical (unpaired) electrons. The molecule has 0 unspecified atom stereocenters. The SMILES string of the molecule is C=C(CCCCCOCC(=O)COCCCCCC(=O)OC/C=C\CCCCCCCC)OC. The Kier molecular flexibility index (Phi) is 24.7. The van der Waals surface area contributed by atoms with Crippen molar-refractivity contribution in [1.82, 2.24) is 0 Å². The summed E-state index contributed by atoms with van der Waals surface area (Å²) in [5.41, 5.74) is 0. The monoisotopic (exact) mass is 482 g/mol. The van der Waals surface area contributed by atoms with Crippen LogP contribution >= 0.6 is 0 Å². The van der Waals surface area contributed by atoms with E-state index in [4.69, 9.17) is 18.9 Å². The van der Waals surface area contributed by atoms with Crippen LogP contribution in [0.2, 0.25) is 0 Å².